The first-order valence-electron chi connectivity index (χ1n) is 10.2. The molecule has 27 heavy (non-hydrogen) atoms. The summed E-state index contributed by atoms with van der Waals surface area (Å²) < 4.78 is 0. The van der Waals surface area contributed by atoms with Crippen molar-refractivity contribution in [2.45, 2.75) is 38.6 Å². The Morgan fingerprint density at radius 1 is 0.741 bits per heavy atom. The van der Waals surface area contributed by atoms with E-state index in [0.717, 1.165) is 12.8 Å². The molecule has 1 nitrogen and oxygen atoms in total. The van der Waals surface area contributed by atoms with Crippen LogP contribution >= 0.6 is 0 Å². The van der Waals surface area contributed by atoms with Gasteiger partial charge >= 0.3 is 0 Å². The highest BCUT2D eigenvalue weighted by atomic mass is 14.9. The van der Waals surface area contributed by atoms with Crippen LogP contribution in [-0.2, 0) is 0 Å². The number of nitrogens with one attached hydrogen (secondary N) is 1. The fourth-order valence-electron chi connectivity index (χ4n) is 4.48. The zero-order chi connectivity index (χ0) is 18.6. The third-order valence-corrected chi connectivity index (χ3v) is 5.96. The van der Waals surface area contributed by atoms with Crippen molar-refractivity contribution in [1.29, 1.82) is 0 Å². The average molecular weight is 356 g/mol. The van der Waals surface area contributed by atoms with Crippen molar-refractivity contribution < 1.29 is 0 Å². The standard InChI is InChI=1S/C26H29N/c1-19(2)22-17-18-25(27-26(22)21-13-7-4-8-14-21)24-16-10-9-15-23(24)20-11-5-3-6-12-20/h3-14,17-19,23-24,26-27H,15-16H2,1-2H3. The van der Waals surface area contributed by atoms with Crippen LogP contribution in [0.5, 0.6) is 0 Å². The highest BCUT2D eigenvalue weighted by molar-refractivity contribution is 5.39. The Balaban J connectivity index is 1.67. The van der Waals surface area contributed by atoms with Gasteiger partial charge in [0.15, 0.2) is 0 Å². The van der Waals surface area contributed by atoms with Crippen LogP contribution in [0.3, 0.4) is 0 Å². The van der Waals surface area contributed by atoms with Gasteiger partial charge in [0, 0.05) is 11.6 Å². The molecule has 0 saturated carbocycles. The van der Waals surface area contributed by atoms with Crippen molar-refractivity contribution in [3.05, 3.63) is 107 Å². The number of allylic oxidation sites excluding steroid dienone is 5. The molecule has 0 amide bonds. The van der Waals surface area contributed by atoms with E-state index in [1.165, 1.54) is 22.4 Å². The van der Waals surface area contributed by atoms with E-state index in [1.807, 2.05) is 0 Å². The fourth-order valence-corrected chi connectivity index (χ4v) is 4.48. The Morgan fingerprint density at radius 3 is 1.96 bits per heavy atom. The van der Waals surface area contributed by atoms with Gasteiger partial charge in [-0.3, -0.25) is 0 Å². The molecule has 2 aliphatic rings. The zero-order valence-electron chi connectivity index (χ0n) is 16.3. The van der Waals surface area contributed by atoms with Crippen LogP contribution in [-0.4, -0.2) is 0 Å². The molecule has 1 aliphatic carbocycles. The molecule has 138 valence electrons. The molecule has 0 fully saturated rings. The Kier molecular flexibility index (Phi) is 5.29. The van der Waals surface area contributed by atoms with Crippen molar-refractivity contribution in [2.75, 3.05) is 0 Å². The number of rotatable bonds is 4. The van der Waals surface area contributed by atoms with E-state index in [1.54, 1.807) is 0 Å². The smallest absolute Gasteiger partial charge is 0.0730 e. The van der Waals surface area contributed by atoms with E-state index in [2.05, 4.69) is 104 Å². The molecule has 1 N–H and O–H groups in total. The quantitative estimate of drug-likeness (QED) is 0.613. The summed E-state index contributed by atoms with van der Waals surface area (Å²) in [5.41, 5.74) is 5.65. The molecular weight excluding hydrogens is 326 g/mol. The summed E-state index contributed by atoms with van der Waals surface area (Å²) >= 11 is 0. The zero-order valence-corrected chi connectivity index (χ0v) is 16.3. The maximum atomic E-state index is 3.93. The lowest BCUT2D eigenvalue weighted by atomic mass is 9.75. The van der Waals surface area contributed by atoms with E-state index in [4.69, 9.17) is 0 Å². The van der Waals surface area contributed by atoms with E-state index < -0.39 is 0 Å². The summed E-state index contributed by atoms with van der Waals surface area (Å²) in [7, 11) is 0. The molecule has 3 unspecified atom stereocenters. The fraction of sp³-hybridized carbons (Fsp3) is 0.308. The molecule has 0 spiro atoms. The van der Waals surface area contributed by atoms with Crippen LogP contribution < -0.4 is 5.32 Å². The Hall–Kier alpha value is -2.54. The lowest BCUT2D eigenvalue weighted by molar-refractivity contribution is 0.425. The molecule has 4 rings (SSSR count). The lowest BCUT2D eigenvalue weighted by Crippen LogP contribution is -2.33. The summed E-state index contributed by atoms with van der Waals surface area (Å²) in [6, 6.07) is 22.1. The maximum absolute atomic E-state index is 3.93. The van der Waals surface area contributed by atoms with Gasteiger partial charge in [0.05, 0.1) is 6.04 Å². The molecule has 2 aromatic rings. The van der Waals surface area contributed by atoms with Gasteiger partial charge in [-0.25, -0.2) is 0 Å². The molecule has 1 heteroatoms. The predicted molar refractivity (Wildman–Crippen MR) is 114 cm³/mol. The second-order valence-corrected chi connectivity index (χ2v) is 8.00. The van der Waals surface area contributed by atoms with Gasteiger partial charge in [-0.2, -0.15) is 0 Å². The minimum atomic E-state index is 0.272. The van der Waals surface area contributed by atoms with E-state index >= 15 is 0 Å². The van der Waals surface area contributed by atoms with Gasteiger partial charge in [0.2, 0.25) is 0 Å². The Labute approximate surface area is 163 Å². The number of hydrogen-bond acceptors (Lipinski definition) is 1. The van der Waals surface area contributed by atoms with Crippen molar-refractivity contribution in [3.63, 3.8) is 0 Å². The highest BCUT2D eigenvalue weighted by Crippen LogP contribution is 2.41. The molecule has 0 bridgehead atoms. The topological polar surface area (TPSA) is 12.0 Å². The third kappa shape index (κ3) is 3.78. The lowest BCUT2D eigenvalue weighted by Gasteiger charge is -2.37. The molecule has 1 heterocycles. The Morgan fingerprint density at radius 2 is 1.33 bits per heavy atom. The highest BCUT2D eigenvalue weighted by Gasteiger charge is 2.31. The predicted octanol–water partition coefficient (Wildman–Crippen LogP) is 6.55. The number of hydrogen-bond donors (Lipinski definition) is 1. The molecule has 2 aromatic carbocycles. The molecule has 0 saturated heterocycles. The van der Waals surface area contributed by atoms with Gasteiger partial charge in [-0.15, -0.1) is 0 Å². The van der Waals surface area contributed by atoms with E-state index in [0.29, 0.717) is 17.8 Å². The van der Waals surface area contributed by atoms with E-state index in [9.17, 15) is 0 Å². The van der Waals surface area contributed by atoms with Crippen molar-refractivity contribution in [3.8, 4) is 0 Å². The molecule has 3 atom stereocenters. The van der Waals surface area contributed by atoms with Crippen molar-refractivity contribution >= 4 is 0 Å². The van der Waals surface area contributed by atoms with Crippen LogP contribution in [0.4, 0.5) is 0 Å². The molecular formula is C26H29N. The SMILES string of the molecule is CC(C)C1=CC=C(C2CC=CCC2c2ccccc2)NC1c1ccccc1. The van der Waals surface area contributed by atoms with Crippen LogP contribution in [0.15, 0.2) is 96.2 Å². The monoisotopic (exact) mass is 355 g/mol. The van der Waals surface area contributed by atoms with Crippen LogP contribution in [0, 0.1) is 11.8 Å². The Bertz CT molecular complexity index is 842. The van der Waals surface area contributed by atoms with Crippen LogP contribution in [0.25, 0.3) is 0 Å². The van der Waals surface area contributed by atoms with Crippen molar-refractivity contribution in [1.82, 2.24) is 5.32 Å². The summed E-state index contributed by atoms with van der Waals surface area (Å²) in [6.45, 7) is 4.58. The van der Waals surface area contributed by atoms with Gasteiger partial charge < -0.3 is 5.32 Å². The third-order valence-electron chi connectivity index (χ3n) is 5.96. The van der Waals surface area contributed by atoms with Gasteiger partial charge in [0.1, 0.15) is 0 Å². The second kappa shape index (κ2) is 8.00. The van der Waals surface area contributed by atoms with Gasteiger partial charge in [-0.05, 0) is 47.5 Å². The van der Waals surface area contributed by atoms with Crippen LogP contribution in [0.2, 0.25) is 0 Å². The summed E-state index contributed by atoms with van der Waals surface area (Å²) in [4.78, 5) is 0. The molecule has 0 radical (unpaired) electrons. The first-order valence-corrected chi connectivity index (χ1v) is 10.2. The van der Waals surface area contributed by atoms with Crippen molar-refractivity contribution in [2.24, 2.45) is 11.8 Å². The van der Waals surface area contributed by atoms with Crippen LogP contribution in [0.1, 0.15) is 49.8 Å². The minimum absolute atomic E-state index is 0.272. The first-order chi connectivity index (χ1) is 13.2. The summed E-state index contributed by atoms with van der Waals surface area (Å²) in [5.74, 6) is 1.57. The average Bonchev–Trinajstić information content (AvgIpc) is 2.74. The molecule has 1 aliphatic heterocycles. The number of dihydropyridines is 1. The normalized spacial score (nSPS) is 24.9. The summed E-state index contributed by atoms with van der Waals surface area (Å²) in [5, 5.41) is 3.93. The molecule has 0 aromatic heterocycles. The maximum Gasteiger partial charge on any atom is 0.0730 e. The largest absolute Gasteiger partial charge is 0.377 e. The number of benzene rings is 2. The first kappa shape index (κ1) is 17.9. The second-order valence-electron chi connectivity index (χ2n) is 8.00. The minimum Gasteiger partial charge on any atom is -0.377 e. The van der Waals surface area contributed by atoms with Gasteiger partial charge in [-0.1, -0.05) is 92.7 Å². The summed E-state index contributed by atoms with van der Waals surface area (Å²) in [6.07, 6.45) is 11.6. The van der Waals surface area contributed by atoms with Gasteiger partial charge in [0.25, 0.3) is 0 Å². The van der Waals surface area contributed by atoms with E-state index in [-0.39, 0.29) is 6.04 Å².